The molecule has 28 heavy (non-hydrogen) atoms. The van der Waals surface area contributed by atoms with E-state index in [1.54, 1.807) is 24.0 Å². The van der Waals surface area contributed by atoms with Crippen molar-refractivity contribution in [1.82, 2.24) is 10.3 Å². The second-order valence-electron chi connectivity index (χ2n) is 6.18. The lowest BCUT2D eigenvalue weighted by Gasteiger charge is -2.10. The number of carbonyl (C=O) groups excluding carboxylic acids is 1. The minimum Gasteiger partial charge on any atom is -0.487 e. The van der Waals surface area contributed by atoms with Crippen molar-refractivity contribution >= 4 is 23.5 Å². The fourth-order valence-electron chi connectivity index (χ4n) is 2.45. The van der Waals surface area contributed by atoms with E-state index in [4.69, 9.17) is 4.74 Å². The zero-order valence-electron chi connectivity index (χ0n) is 15.7. The molecule has 3 aromatic rings. The first-order valence-electron chi connectivity index (χ1n) is 9.06. The minimum absolute atomic E-state index is 0.230. The normalized spacial score (nSPS) is 10.3. The number of pyridine rings is 1. The molecule has 1 heterocycles. The van der Waals surface area contributed by atoms with Crippen molar-refractivity contribution in [3.8, 4) is 5.75 Å². The van der Waals surface area contributed by atoms with Crippen LogP contribution in [0.2, 0.25) is 0 Å². The van der Waals surface area contributed by atoms with Crippen molar-refractivity contribution < 1.29 is 9.53 Å². The van der Waals surface area contributed by atoms with Crippen LogP contribution in [0, 0.1) is 6.92 Å². The fraction of sp³-hybridized carbons (Fsp3) is 0.182. The van der Waals surface area contributed by atoms with Gasteiger partial charge in [-0.25, -0.2) is 4.79 Å². The van der Waals surface area contributed by atoms with Gasteiger partial charge in [0.05, 0.1) is 5.69 Å². The summed E-state index contributed by atoms with van der Waals surface area (Å²) in [5.41, 5.74) is 2.78. The number of carbonyl (C=O) groups is 1. The lowest BCUT2D eigenvalue weighted by Crippen LogP contribution is -2.30. The van der Waals surface area contributed by atoms with E-state index in [1.165, 1.54) is 10.5 Å². The highest BCUT2D eigenvalue weighted by Crippen LogP contribution is 2.19. The highest BCUT2D eigenvalue weighted by Gasteiger charge is 2.03. The van der Waals surface area contributed by atoms with Gasteiger partial charge in [-0.05, 0) is 43.3 Å². The van der Waals surface area contributed by atoms with Crippen LogP contribution in [0.3, 0.4) is 0 Å². The summed E-state index contributed by atoms with van der Waals surface area (Å²) in [5.74, 6) is 1.49. The molecule has 2 amide bonds. The molecule has 0 atom stereocenters. The van der Waals surface area contributed by atoms with E-state index >= 15 is 0 Å². The molecule has 0 spiro atoms. The molecule has 0 bridgehead atoms. The van der Waals surface area contributed by atoms with Gasteiger partial charge in [0.25, 0.3) is 0 Å². The van der Waals surface area contributed by atoms with E-state index in [-0.39, 0.29) is 6.03 Å². The molecule has 2 N–H and O–H groups in total. The number of amides is 2. The Hall–Kier alpha value is -2.99. The zero-order valence-corrected chi connectivity index (χ0v) is 16.5. The Balaban J connectivity index is 1.40. The van der Waals surface area contributed by atoms with Crippen LogP contribution in [0.4, 0.5) is 10.5 Å². The summed E-state index contributed by atoms with van der Waals surface area (Å²) in [6.07, 6.45) is 1.73. The number of hydrogen-bond acceptors (Lipinski definition) is 4. The lowest BCUT2D eigenvalue weighted by atomic mass is 10.2. The molecule has 0 fully saturated rings. The van der Waals surface area contributed by atoms with Crippen LogP contribution in [0.15, 0.2) is 77.8 Å². The van der Waals surface area contributed by atoms with E-state index in [9.17, 15) is 4.79 Å². The van der Waals surface area contributed by atoms with E-state index in [0.29, 0.717) is 24.6 Å². The van der Waals surface area contributed by atoms with Crippen LogP contribution in [0.25, 0.3) is 0 Å². The molecule has 0 saturated carbocycles. The first-order valence-corrected chi connectivity index (χ1v) is 10.0. The largest absolute Gasteiger partial charge is 0.487 e. The number of thioether (sulfide) groups is 1. The first-order chi connectivity index (χ1) is 13.7. The number of ether oxygens (including phenoxy) is 1. The Morgan fingerprint density at radius 2 is 1.93 bits per heavy atom. The Bertz CT molecular complexity index is 886. The van der Waals surface area contributed by atoms with E-state index in [1.807, 2.05) is 36.4 Å². The smallest absolute Gasteiger partial charge is 0.319 e. The van der Waals surface area contributed by atoms with Gasteiger partial charge >= 0.3 is 6.03 Å². The molecule has 6 heteroatoms. The molecule has 0 unspecified atom stereocenters. The highest BCUT2D eigenvalue weighted by molar-refractivity contribution is 7.99. The predicted octanol–water partition coefficient (Wildman–Crippen LogP) is 4.88. The van der Waals surface area contributed by atoms with Crippen LogP contribution in [-0.2, 0) is 6.61 Å². The van der Waals surface area contributed by atoms with Gasteiger partial charge in [0.1, 0.15) is 12.4 Å². The fourth-order valence-corrected chi connectivity index (χ4v) is 3.22. The molecule has 0 aliphatic rings. The minimum atomic E-state index is -0.230. The van der Waals surface area contributed by atoms with Crippen LogP contribution in [0.5, 0.6) is 5.75 Å². The van der Waals surface area contributed by atoms with E-state index in [0.717, 1.165) is 11.4 Å². The van der Waals surface area contributed by atoms with Crippen LogP contribution >= 0.6 is 11.8 Å². The SMILES string of the molecule is Cc1ccc(SCCNC(=O)Nc2cccc(OCc3ccccn3)c2)cc1. The summed E-state index contributed by atoms with van der Waals surface area (Å²) >= 11 is 1.72. The maximum absolute atomic E-state index is 12.1. The van der Waals surface area contributed by atoms with Gasteiger partial charge in [-0.1, -0.05) is 29.8 Å². The van der Waals surface area contributed by atoms with Crippen LogP contribution < -0.4 is 15.4 Å². The second-order valence-corrected chi connectivity index (χ2v) is 7.35. The van der Waals surface area contributed by atoms with Gasteiger partial charge in [-0.2, -0.15) is 0 Å². The third-order valence-electron chi connectivity index (χ3n) is 3.88. The average molecular weight is 394 g/mol. The number of urea groups is 1. The van der Waals surface area contributed by atoms with Crippen molar-refractivity contribution in [2.45, 2.75) is 18.4 Å². The molecular formula is C22H23N3O2S. The number of benzene rings is 2. The maximum atomic E-state index is 12.1. The number of rotatable bonds is 8. The molecule has 3 rings (SSSR count). The monoisotopic (exact) mass is 393 g/mol. The van der Waals surface area contributed by atoms with Crippen LogP contribution in [0.1, 0.15) is 11.3 Å². The highest BCUT2D eigenvalue weighted by atomic mass is 32.2. The average Bonchev–Trinajstić information content (AvgIpc) is 2.72. The molecule has 0 aliphatic carbocycles. The summed E-state index contributed by atoms with van der Waals surface area (Å²) in [6, 6.07) is 21.1. The topological polar surface area (TPSA) is 63.2 Å². The van der Waals surface area contributed by atoms with Gasteiger partial charge in [0, 0.05) is 35.1 Å². The van der Waals surface area contributed by atoms with Crippen molar-refractivity contribution in [3.05, 3.63) is 84.2 Å². The molecule has 0 aliphatic heterocycles. The van der Waals surface area contributed by atoms with Crippen molar-refractivity contribution in [1.29, 1.82) is 0 Å². The van der Waals surface area contributed by atoms with Gasteiger partial charge < -0.3 is 15.4 Å². The predicted molar refractivity (Wildman–Crippen MR) is 114 cm³/mol. The van der Waals surface area contributed by atoms with E-state index < -0.39 is 0 Å². The Labute approximate surface area is 169 Å². The van der Waals surface area contributed by atoms with Gasteiger partial charge in [0.2, 0.25) is 0 Å². The number of nitrogens with zero attached hydrogens (tertiary/aromatic N) is 1. The van der Waals surface area contributed by atoms with Crippen molar-refractivity contribution in [2.24, 2.45) is 0 Å². The van der Waals surface area contributed by atoms with Gasteiger partial charge in [-0.15, -0.1) is 11.8 Å². The molecular weight excluding hydrogens is 370 g/mol. The summed E-state index contributed by atoms with van der Waals surface area (Å²) in [5, 5.41) is 5.70. The standard InChI is InChI=1S/C22H23N3O2S/c1-17-8-10-21(11-9-17)28-14-13-24-22(26)25-18-6-4-7-20(15-18)27-16-19-5-2-3-12-23-19/h2-12,15H,13-14,16H2,1H3,(H2,24,25,26). The quantitative estimate of drug-likeness (QED) is 0.423. The van der Waals surface area contributed by atoms with E-state index in [2.05, 4.69) is 46.8 Å². The number of hydrogen-bond donors (Lipinski definition) is 2. The molecule has 0 radical (unpaired) electrons. The molecule has 144 valence electrons. The zero-order chi connectivity index (χ0) is 19.6. The number of aromatic nitrogens is 1. The summed E-state index contributed by atoms with van der Waals surface area (Å²) in [7, 11) is 0. The Morgan fingerprint density at radius 3 is 2.71 bits per heavy atom. The third-order valence-corrected chi connectivity index (χ3v) is 4.90. The van der Waals surface area contributed by atoms with Crippen molar-refractivity contribution in [3.63, 3.8) is 0 Å². The second kappa shape index (κ2) is 10.4. The molecule has 2 aromatic carbocycles. The number of aryl methyl sites for hydroxylation is 1. The number of nitrogens with one attached hydrogen (secondary N) is 2. The van der Waals surface area contributed by atoms with Gasteiger partial charge in [0.15, 0.2) is 0 Å². The van der Waals surface area contributed by atoms with Gasteiger partial charge in [-0.3, -0.25) is 4.98 Å². The third kappa shape index (κ3) is 6.63. The summed E-state index contributed by atoms with van der Waals surface area (Å²) in [6.45, 7) is 3.03. The molecule has 0 saturated heterocycles. The Kier molecular flexibility index (Phi) is 7.32. The number of anilines is 1. The van der Waals surface area contributed by atoms with Crippen LogP contribution in [-0.4, -0.2) is 23.3 Å². The molecule has 5 nitrogen and oxygen atoms in total. The molecule has 1 aromatic heterocycles. The summed E-state index contributed by atoms with van der Waals surface area (Å²) < 4.78 is 5.73. The van der Waals surface area contributed by atoms with Crippen molar-refractivity contribution in [2.75, 3.05) is 17.6 Å². The Morgan fingerprint density at radius 1 is 1.07 bits per heavy atom. The first kappa shape index (κ1) is 19.8. The summed E-state index contributed by atoms with van der Waals surface area (Å²) in [4.78, 5) is 17.5. The maximum Gasteiger partial charge on any atom is 0.319 e. The lowest BCUT2D eigenvalue weighted by molar-refractivity contribution is 0.252.